The van der Waals surface area contributed by atoms with Crippen LogP contribution in [0.3, 0.4) is 0 Å². The zero-order chi connectivity index (χ0) is 17.4. The fourth-order valence-electron chi connectivity index (χ4n) is 2.60. The number of benzene rings is 1. The Kier molecular flexibility index (Phi) is 7.12. The molecule has 4 nitrogen and oxygen atoms in total. The molecule has 24 heavy (non-hydrogen) atoms. The quantitative estimate of drug-likeness (QED) is 0.597. The van der Waals surface area contributed by atoms with Crippen molar-refractivity contribution in [1.29, 1.82) is 0 Å². The number of methoxy groups -OCH3 is 1. The molecule has 0 bridgehead atoms. The van der Waals surface area contributed by atoms with E-state index in [1.807, 2.05) is 29.5 Å². The molecule has 0 saturated carbocycles. The van der Waals surface area contributed by atoms with Gasteiger partial charge in [-0.05, 0) is 44.0 Å². The molecule has 2 N–H and O–H groups in total. The monoisotopic (exact) mass is 345 g/mol. The molecule has 130 valence electrons. The third-order valence-corrected chi connectivity index (χ3v) is 4.81. The fourth-order valence-corrected chi connectivity index (χ4v) is 3.62. The number of thiophene rings is 1. The lowest BCUT2D eigenvalue weighted by Gasteiger charge is -2.17. The van der Waals surface area contributed by atoms with Crippen LogP contribution in [-0.2, 0) is 12.8 Å². The number of aliphatic imine (C=N–C) groups is 1. The van der Waals surface area contributed by atoms with Gasteiger partial charge in [-0.1, -0.05) is 18.2 Å². The molecule has 0 radical (unpaired) electrons. The van der Waals surface area contributed by atoms with E-state index in [0.717, 1.165) is 31.1 Å². The van der Waals surface area contributed by atoms with E-state index in [2.05, 4.69) is 47.7 Å². The molecule has 0 aliphatic rings. The lowest BCUT2D eigenvalue weighted by Crippen LogP contribution is -2.43. The minimum atomic E-state index is 0.334. The van der Waals surface area contributed by atoms with Gasteiger partial charge in [0.15, 0.2) is 5.96 Å². The van der Waals surface area contributed by atoms with Crippen LogP contribution < -0.4 is 15.4 Å². The van der Waals surface area contributed by atoms with Crippen molar-refractivity contribution in [2.45, 2.75) is 32.7 Å². The van der Waals surface area contributed by atoms with Crippen molar-refractivity contribution >= 4 is 17.3 Å². The molecule has 0 amide bonds. The highest BCUT2D eigenvalue weighted by Gasteiger charge is 2.08. The highest BCUT2D eigenvalue weighted by atomic mass is 32.1. The lowest BCUT2D eigenvalue weighted by molar-refractivity contribution is 0.409. The summed E-state index contributed by atoms with van der Waals surface area (Å²) >= 11 is 1.86. The number of guanidine groups is 1. The molecule has 1 aromatic carbocycles. The maximum atomic E-state index is 5.39. The minimum absolute atomic E-state index is 0.334. The normalized spacial score (nSPS) is 12.8. The molecule has 1 unspecified atom stereocenters. The van der Waals surface area contributed by atoms with Crippen LogP contribution in [-0.4, -0.2) is 32.7 Å². The molecule has 0 saturated heterocycles. The van der Waals surface area contributed by atoms with Crippen molar-refractivity contribution < 1.29 is 4.74 Å². The SMILES string of the molecule is CN=C(NCCc1ccccc1OC)NC(C)Cc1ccc(C)s1. The molecule has 1 aromatic heterocycles. The van der Waals surface area contributed by atoms with Crippen LogP contribution in [0.1, 0.15) is 22.2 Å². The Morgan fingerprint density at radius 1 is 1.25 bits per heavy atom. The molecule has 0 spiro atoms. The van der Waals surface area contributed by atoms with Crippen LogP contribution in [0.2, 0.25) is 0 Å². The van der Waals surface area contributed by atoms with Gasteiger partial charge in [0.2, 0.25) is 0 Å². The molecule has 0 aliphatic heterocycles. The van der Waals surface area contributed by atoms with Crippen LogP contribution >= 0.6 is 11.3 Å². The molecule has 2 rings (SSSR count). The van der Waals surface area contributed by atoms with Crippen LogP contribution in [0, 0.1) is 6.92 Å². The first-order valence-corrected chi connectivity index (χ1v) is 9.08. The van der Waals surface area contributed by atoms with Crippen molar-refractivity contribution in [1.82, 2.24) is 10.6 Å². The average molecular weight is 346 g/mol. The van der Waals surface area contributed by atoms with Crippen LogP contribution in [0.5, 0.6) is 5.75 Å². The molecule has 1 atom stereocenters. The fraction of sp³-hybridized carbons (Fsp3) is 0.421. The van der Waals surface area contributed by atoms with Gasteiger partial charge < -0.3 is 15.4 Å². The predicted octanol–water partition coefficient (Wildman–Crippen LogP) is 3.40. The van der Waals surface area contributed by atoms with Crippen molar-refractivity contribution in [3.8, 4) is 5.75 Å². The summed E-state index contributed by atoms with van der Waals surface area (Å²) in [6.07, 6.45) is 1.90. The van der Waals surface area contributed by atoms with E-state index in [9.17, 15) is 0 Å². The summed E-state index contributed by atoms with van der Waals surface area (Å²) in [5, 5.41) is 6.83. The largest absolute Gasteiger partial charge is 0.496 e. The molecule has 5 heteroatoms. The standard InChI is InChI=1S/C19H27N3OS/c1-14(13-17-10-9-15(2)24-17)22-19(20-3)21-12-11-16-7-5-6-8-18(16)23-4/h5-10,14H,11-13H2,1-4H3,(H2,20,21,22). The summed E-state index contributed by atoms with van der Waals surface area (Å²) in [5.74, 6) is 1.77. The van der Waals surface area contributed by atoms with Gasteiger partial charge in [0.05, 0.1) is 7.11 Å². The summed E-state index contributed by atoms with van der Waals surface area (Å²) in [6.45, 7) is 5.14. The number of hydrogen-bond acceptors (Lipinski definition) is 3. The van der Waals surface area contributed by atoms with E-state index in [4.69, 9.17) is 4.74 Å². The Labute approximate surface area is 149 Å². The Hall–Kier alpha value is -2.01. The number of aryl methyl sites for hydroxylation is 1. The summed E-state index contributed by atoms with van der Waals surface area (Å²) in [4.78, 5) is 7.07. The van der Waals surface area contributed by atoms with Crippen molar-refractivity contribution in [2.24, 2.45) is 4.99 Å². The number of para-hydroxylation sites is 1. The molecule has 0 aliphatic carbocycles. The maximum absolute atomic E-state index is 5.39. The van der Waals surface area contributed by atoms with Gasteiger partial charge in [0, 0.05) is 35.8 Å². The third kappa shape index (κ3) is 5.57. The van der Waals surface area contributed by atoms with Crippen LogP contribution in [0.15, 0.2) is 41.4 Å². The smallest absolute Gasteiger partial charge is 0.191 e. The van der Waals surface area contributed by atoms with Crippen molar-refractivity contribution in [2.75, 3.05) is 20.7 Å². The number of nitrogens with zero attached hydrogens (tertiary/aromatic N) is 1. The maximum Gasteiger partial charge on any atom is 0.191 e. The van der Waals surface area contributed by atoms with E-state index in [1.165, 1.54) is 15.3 Å². The minimum Gasteiger partial charge on any atom is -0.496 e. The topological polar surface area (TPSA) is 45.7 Å². The number of rotatable bonds is 7. The number of hydrogen-bond donors (Lipinski definition) is 2. The van der Waals surface area contributed by atoms with E-state index in [0.29, 0.717) is 6.04 Å². The molecular weight excluding hydrogens is 318 g/mol. The Balaban J connectivity index is 1.79. The van der Waals surface area contributed by atoms with Crippen LogP contribution in [0.25, 0.3) is 0 Å². The summed E-state index contributed by atoms with van der Waals surface area (Å²) in [7, 11) is 3.52. The first-order valence-electron chi connectivity index (χ1n) is 8.26. The second-order valence-corrected chi connectivity index (χ2v) is 7.20. The number of nitrogens with one attached hydrogen (secondary N) is 2. The van der Waals surface area contributed by atoms with Crippen molar-refractivity contribution in [3.63, 3.8) is 0 Å². The van der Waals surface area contributed by atoms with Gasteiger partial charge in [0.1, 0.15) is 5.75 Å². The zero-order valence-electron chi connectivity index (χ0n) is 14.9. The highest BCUT2D eigenvalue weighted by Crippen LogP contribution is 2.17. The van der Waals surface area contributed by atoms with Gasteiger partial charge in [-0.15, -0.1) is 11.3 Å². The average Bonchev–Trinajstić information content (AvgIpc) is 2.99. The van der Waals surface area contributed by atoms with Gasteiger partial charge in [-0.25, -0.2) is 0 Å². The first-order chi connectivity index (χ1) is 11.6. The van der Waals surface area contributed by atoms with E-state index in [-0.39, 0.29) is 0 Å². The predicted molar refractivity (Wildman–Crippen MR) is 103 cm³/mol. The summed E-state index contributed by atoms with van der Waals surface area (Å²) in [5.41, 5.74) is 1.20. The van der Waals surface area contributed by atoms with E-state index >= 15 is 0 Å². The van der Waals surface area contributed by atoms with Crippen molar-refractivity contribution in [3.05, 3.63) is 51.7 Å². The zero-order valence-corrected chi connectivity index (χ0v) is 15.7. The Morgan fingerprint density at radius 3 is 2.71 bits per heavy atom. The first kappa shape index (κ1) is 18.3. The molecular formula is C19H27N3OS. The third-order valence-electron chi connectivity index (χ3n) is 3.79. The van der Waals surface area contributed by atoms with E-state index in [1.54, 1.807) is 14.2 Å². The van der Waals surface area contributed by atoms with Gasteiger partial charge >= 0.3 is 0 Å². The molecule has 1 heterocycles. The lowest BCUT2D eigenvalue weighted by atomic mass is 10.1. The number of ether oxygens (including phenoxy) is 1. The molecule has 2 aromatic rings. The van der Waals surface area contributed by atoms with Crippen LogP contribution in [0.4, 0.5) is 0 Å². The second kappa shape index (κ2) is 9.33. The van der Waals surface area contributed by atoms with Gasteiger partial charge in [0.25, 0.3) is 0 Å². The van der Waals surface area contributed by atoms with Gasteiger partial charge in [-0.2, -0.15) is 0 Å². The van der Waals surface area contributed by atoms with E-state index < -0.39 is 0 Å². The summed E-state index contributed by atoms with van der Waals surface area (Å²) in [6, 6.07) is 12.8. The molecule has 0 fully saturated rings. The highest BCUT2D eigenvalue weighted by molar-refractivity contribution is 7.11. The Bertz CT molecular complexity index is 666. The second-order valence-electron chi connectivity index (χ2n) is 5.82. The van der Waals surface area contributed by atoms with Gasteiger partial charge in [-0.3, -0.25) is 4.99 Å². The summed E-state index contributed by atoms with van der Waals surface area (Å²) < 4.78 is 5.39. The Morgan fingerprint density at radius 2 is 2.04 bits per heavy atom.